The van der Waals surface area contributed by atoms with E-state index in [1.807, 2.05) is 0 Å². The first-order valence-electron chi connectivity index (χ1n) is 13.1. The van der Waals surface area contributed by atoms with Crippen molar-refractivity contribution in [1.29, 1.82) is 0 Å². The number of alkyl halides is 1. The first-order valence-corrected chi connectivity index (χ1v) is 14.6. The summed E-state index contributed by atoms with van der Waals surface area (Å²) >= 11 is 2.49. The fourth-order valence-corrected chi connectivity index (χ4v) is 4.63. The van der Waals surface area contributed by atoms with Crippen LogP contribution in [0.1, 0.15) is 154 Å². The minimum absolute atomic E-state index is 0.374. The number of unbranched alkanes of at least 4 members (excludes halogenated alkanes) is 23. The third-order valence-corrected chi connectivity index (χ3v) is 6.80. The third kappa shape index (κ3) is 26.7. The van der Waals surface area contributed by atoms with Crippen molar-refractivity contribution < 1.29 is 5.11 Å². The van der Waals surface area contributed by atoms with E-state index in [4.69, 9.17) is 5.11 Å². The highest BCUT2D eigenvalue weighted by molar-refractivity contribution is 14.1. The van der Waals surface area contributed by atoms with E-state index >= 15 is 0 Å². The van der Waals surface area contributed by atoms with E-state index in [2.05, 4.69) is 22.6 Å². The summed E-state index contributed by atoms with van der Waals surface area (Å²) in [6.07, 6.45) is 34.2. The minimum atomic E-state index is 0.374. The van der Waals surface area contributed by atoms with Crippen LogP contribution in [0.25, 0.3) is 0 Å². The molecule has 170 valence electrons. The summed E-state index contributed by atoms with van der Waals surface area (Å²) in [7, 11) is 0. The largest absolute Gasteiger partial charge is 0.396 e. The summed E-state index contributed by atoms with van der Waals surface area (Å²) in [4.78, 5) is 0. The average Bonchev–Trinajstić information content (AvgIpc) is 2.71. The van der Waals surface area contributed by atoms with E-state index < -0.39 is 0 Å². The second kappa shape index (κ2) is 27.7. The van der Waals surface area contributed by atoms with Crippen LogP contribution < -0.4 is 0 Å². The van der Waals surface area contributed by atoms with E-state index in [9.17, 15) is 0 Å². The molecule has 1 nitrogen and oxygen atoms in total. The minimum Gasteiger partial charge on any atom is -0.396 e. The van der Waals surface area contributed by atoms with Gasteiger partial charge in [-0.3, -0.25) is 0 Å². The number of hydrogen-bond acceptors (Lipinski definition) is 1. The molecule has 0 saturated carbocycles. The molecule has 0 atom stereocenters. The number of aliphatic hydroxyl groups is 1. The van der Waals surface area contributed by atoms with Crippen molar-refractivity contribution in [3.05, 3.63) is 0 Å². The first-order chi connectivity index (χ1) is 13.9. The van der Waals surface area contributed by atoms with Crippen molar-refractivity contribution in [3.63, 3.8) is 0 Å². The van der Waals surface area contributed by atoms with Crippen molar-refractivity contribution in [1.82, 2.24) is 0 Å². The van der Waals surface area contributed by atoms with E-state index in [-0.39, 0.29) is 0 Å². The molecule has 0 aromatic heterocycles. The van der Waals surface area contributed by atoms with Crippen molar-refractivity contribution in [2.45, 2.75) is 154 Å². The molecule has 0 aromatic carbocycles. The molecule has 0 aromatic rings. The Labute approximate surface area is 192 Å². The molecule has 0 bridgehead atoms. The molecule has 0 saturated heterocycles. The number of rotatable bonds is 25. The third-order valence-electron chi connectivity index (χ3n) is 6.04. The molecule has 0 heterocycles. The van der Waals surface area contributed by atoms with Crippen LogP contribution in [0.15, 0.2) is 0 Å². The van der Waals surface area contributed by atoms with Gasteiger partial charge in [-0.25, -0.2) is 0 Å². The van der Waals surface area contributed by atoms with Crippen LogP contribution in [-0.4, -0.2) is 16.1 Å². The van der Waals surface area contributed by atoms with Crippen LogP contribution >= 0.6 is 22.6 Å². The van der Waals surface area contributed by atoms with Crippen molar-refractivity contribution in [3.8, 4) is 0 Å². The van der Waals surface area contributed by atoms with Gasteiger partial charge >= 0.3 is 0 Å². The molecule has 0 aliphatic carbocycles. The Morgan fingerprint density at radius 3 is 0.643 bits per heavy atom. The Kier molecular flexibility index (Phi) is 28.4. The molecule has 0 spiro atoms. The highest BCUT2D eigenvalue weighted by Crippen LogP contribution is 2.15. The molecular formula is C26H53IO. The molecule has 0 unspecified atom stereocenters. The molecule has 0 aliphatic rings. The van der Waals surface area contributed by atoms with Gasteiger partial charge in [0.05, 0.1) is 0 Å². The van der Waals surface area contributed by atoms with Crippen LogP contribution in [0.5, 0.6) is 0 Å². The van der Waals surface area contributed by atoms with Gasteiger partial charge < -0.3 is 5.11 Å². The summed E-state index contributed by atoms with van der Waals surface area (Å²) in [5, 5.41) is 8.74. The predicted molar refractivity (Wildman–Crippen MR) is 137 cm³/mol. The standard InChI is InChI=1S/C26H53IO/c27-25-23-21-19-17-15-13-11-9-7-5-3-1-2-4-6-8-10-12-14-16-18-20-22-24-26-28/h28H,1-26H2. The molecule has 0 radical (unpaired) electrons. The maximum absolute atomic E-state index is 8.74. The highest BCUT2D eigenvalue weighted by atomic mass is 127. The number of aliphatic hydroxyl groups excluding tert-OH is 1. The highest BCUT2D eigenvalue weighted by Gasteiger charge is 1.96. The second-order valence-corrected chi connectivity index (χ2v) is 9.98. The van der Waals surface area contributed by atoms with E-state index in [1.54, 1.807) is 0 Å². The summed E-state index contributed by atoms with van der Waals surface area (Å²) in [5.74, 6) is 0. The van der Waals surface area contributed by atoms with E-state index in [0.29, 0.717) is 6.61 Å². The van der Waals surface area contributed by atoms with Gasteiger partial charge in [-0.2, -0.15) is 0 Å². The number of hydrogen-bond donors (Lipinski definition) is 1. The van der Waals surface area contributed by atoms with E-state index in [0.717, 1.165) is 6.42 Å². The topological polar surface area (TPSA) is 20.2 Å². The maximum atomic E-state index is 8.74. The number of halogens is 1. The summed E-state index contributed by atoms with van der Waals surface area (Å²) in [6.45, 7) is 0.374. The molecular weight excluding hydrogens is 455 g/mol. The smallest absolute Gasteiger partial charge is 0.0431 e. The molecule has 0 fully saturated rings. The molecule has 1 N–H and O–H groups in total. The molecule has 0 rings (SSSR count). The Morgan fingerprint density at radius 1 is 0.286 bits per heavy atom. The molecule has 28 heavy (non-hydrogen) atoms. The van der Waals surface area contributed by atoms with Gasteiger partial charge in [0, 0.05) is 6.61 Å². The van der Waals surface area contributed by atoms with Gasteiger partial charge in [0.2, 0.25) is 0 Å². The second-order valence-electron chi connectivity index (χ2n) is 8.90. The van der Waals surface area contributed by atoms with Crippen molar-refractivity contribution in [2.24, 2.45) is 0 Å². The summed E-state index contributed by atoms with van der Waals surface area (Å²) in [5.41, 5.74) is 0. The SMILES string of the molecule is OCCCCCCCCCCCCCCCCCCCCCCCCCCI. The summed E-state index contributed by atoms with van der Waals surface area (Å²) in [6, 6.07) is 0. The normalized spacial score (nSPS) is 11.4. The van der Waals surface area contributed by atoms with Crippen molar-refractivity contribution in [2.75, 3.05) is 11.0 Å². The maximum Gasteiger partial charge on any atom is 0.0431 e. The zero-order valence-electron chi connectivity index (χ0n) is 19.2. The lowest BCUT2D eigenvalue weighted by atomic mass is 10.0. The fourth-order valence-electron chi connectivity index (χ4n) is 4.10. The Bertz CT molecular complexity index is 231. The van der Waals surface area contributed by atoms with Crippen molar-refractivity contribution >= 4 is 22.6 Å². The first kappa shape index (κ1) is 28.7. The lowest BCUT2D eigenvalue weighted by molar-refractivity contribution is 0.282. The quantitative estimate of drug-likeness (QED) is 0.0739. The monoisotopic (exact) mass is 508 g/mol. The molecule has 0 aliphatic heterocycles. The Balaban J connectivity index is 2.96. The lowest BCUT2D eigenvalue weighted by Crippen LogP contribution is -1.85. The average molecular weight is 509 g/mol. The van der Waals surface area contributed by atoms with Crippen LogP contribution in [0, 0.1) is 0 Å². The zero-order chi connectivity index (χ0) is 20.4. The van der Waals surface area contributed by atoms with Gasteiger partial charge in [0.1, 0.15) is 0 Å². The van der Waals surface area contributed by atoms with Gasteiger partial charge in [-0.15, -0.1) is 0 Å². The lowest BCUT2D eigenvalue weighted by Gasteiger charge is -2.04. The summed E-state index contributed by atoms with van der Waals surface area (Å²) < 4.78 is 1.34. The molecule has 2 heteroatoms. The van der Waals surface area contributed by atoms with Gasteiger partial charge in [0.15, 0.2) is 0 Å². The van der Waals surface area contributed by atoms with Crippen LogP contribution in [0.2, 0.25) is 0 Å². The van der Waals surface area contributed by atoms with Crippen LogP contribution in [-0.2, 0) is 0 Å². The zero-order valence-corrected chi connectivity index (χ0v) is 21.4. The van der Waals surface area contributed by atoms with Gasteiger partial charge in [0.25, 0.3) is 0 Å². The Morgan fingerprint density at radius 2 is 0.464 bits per heavy atom. The fraction of sp³-hybridized carbons (Fsp3) is 1.00. The van der Waals surface area contributed by atoms with Gasteiger partial charge in [-0.1, -0.05) is 164 Å². The van der Waals surface area contributed by atoms with E-state index in [1.165, 1.54) is 152 Å². The van der Waals surface area contributed by atoms with Crippen LogP contribution in [0.3, 0.4) is 0 Å². The van der Waals surface area contributed by atoms with Gasteiger partial charge in [-0.05, 0) is 17.3 Å². The van der Waals surface area contributed by atoms with Crippen LogP contribution in [0.4, 0.5) is 0 Å². The Hall–Kier alpha value is 0.690. The molecule has 0 amide bonds. The predicted octanol–water partition coefficient (Wildman–Crippen LogP) is 9.78.